The molecule has 1 aromatic carbocycles. The second-order valence-corrected chi connectivity index (χ2v) is 5.80. The number of nitrogens with one attached hydrogen (secondary N) is 2. The van der Waals surface area contributed by atoms with Crippen molar-refractivity contribution in [2.75, 3.05) is 6.54 Å². The lowest BCUT2D eigenvalue weighted by atomic mass is 10.1. The number of nitrogens with zero attached hydrogens (tertiary/aromatic N) is 1. The van der Waals surface area contributed by atoms with E-state index in [1.165, 1.54) is 23.8 Å². The first-order chi connectivity index (χ1) is 10.3. The lowest BCUT2D eigenvalue weighted by Gasteiger charge is -2.08. The lowest BCUT2D eigenvalue weighted by Crippen LogP contribution is -2.27. The molecule has 0 bridgehead atoms. The topological polar surface area (TPSA) is 46.1 Å². The first-order valence-corrected chi connectivity index (χ1v) is 7.84. The van der Waals surface area contributed by atoms with E-state index in [0.717, 1.165) is 25.0 Å². The third-order valence-corrected chi connectivity index (χ3v) is 3.95. The van der Waals surface area contributed by atoms with Gasteiger partial charge in [-0.25, -0.2) is 0 Å². The van der Waals surface area contributed by atoms with E-state index in [4.69, 9.17) is 0 Å². The van der Waals surface area contributed by atoms with Crippen molar-refractivity contribution >= 4 is 16.8 Å². The third-order valence-electron chi connectivity index (χ3n) is 3.95. The molecule has 0 atom stereocenters. The van der Waals surface area contributed by atoms with Crippen LogP contribution in [0.5, 0.6) is 0 Å². The molecule has 1 aromatic heterocycles. The number of hydrogen-bond acceptors (Lipinski definition) is 2. The fourth-order valence-corrected chi connectivity index (χ4v) is 2.60. The van der Waals surface area contributed by atoms with Crippen LogP contribution in [0.15, 0.2) is 30.5 Å². The van der Waals surface area contributed by atoms with Gasteiger partial charge in [0.2, 0.25) is 5.91 Å². The van der Waals surface area contributed by atoms with E-state index in [-0.39, 0.29) is 5.91 Å². The van der Waals surface area contributed by atoms with Gasteiger partial charge in [-0.2, -0.15) is 0 Å². The molecule has 21 heavy (non-hydrogen) atoms. The Bertz CT molecular complexity index is 628. The van der Waals surface area contributed by atoms with E-state index in [1.807, 2.05) is 10.8 Å². The zero-order chi connectivity index (χ0) is 14.7. The van der Waals surface area contributed by atoms with Gasteiger partial charge < -0.3 is 15.2 Å². The molecule has 1 amide bonds. The fourth-order valence-electron chi connectivity index (χ4n) is 2.60. The monoisotopic (exact) mass is 285 g/mol. The molecule has 4 heteroatoms. The summed E-state index contributed by atoms with van der Waals surface area (Å²) in [5.41, 5.74) is 2.45. The van der Waals surface area contributed by atoms with E-state index in [2.05, 4.69) is 41.8 Å². The summed E-state index contributed by atoms with van der Waals surface area (Å²) in [6.45, 7) is 4.11. The second-order valence-electron chi connectivity index (χ2n) is 5.80. The van der Waals surface area contributed by atoms with E-state index >= 15 is 0 Å². The highest BCUT2D eigenvalue weighted by Gasteiger charge is 2.20. The predicted molar refractivity (Wildman–Crippen MR) is 85.1 cm³/mol. The average Bonchev–Trinajstić information content (AvgIpc) is 3.24. The number of amides is 1. The molecule has 1 aliphatic carbocycles. The van der Waals surface area contributed by atoms with Crippen molar-refractivity contribution in [3.8, 4) is 0 Å². The Morgan fingerprint density at radius 3 is 2.95 bits per heavy atom. The van der Waals surface area contributed by atoms with Crippen LogP contribution in [-0.4, -0.2) is 23.1 Å². The fraction of sp³-hybridized carbons (Fsp3) is 0.471. The van der Waals surface area contributed by atoms with Crippen molar-refractivity contribution < 1.29 is 4.79 Å². The molecule has 0 radical (unpaired) electrons. The van der Waals surface area contributed by atoms with Crippen LogP contribution in [0.2, 0.25) is 0 Å². The molecule has 1 fully saturated rings. The highest BCUT2D eigenvalue weighted by Crippen LogP contribution is 2.23. The highest BCUT2D eigenvalue weighted by atomic mass is 16.1. The van der Waals surface area contributed by atoms with Crippen LogP contribution in [0, 0.1) is 0 Å². The summed E-state index contributed by atoms with van der Waals surface area (Å²) in [6, 6.07) is 9.16. The molecule has 0 saturated heterocycles. The zero-order valence-corrected chi connectivity index (χ0v) is 12.6. The van der Waals surface area contributed by atoms with Gasteiger partial charge in [0, 0.05) is 36.2 Å². The molecule has 4 nitrogen and oxygen atoms in total. The largest absolute Gasteiger partial charge is 0.355 e. The number of benzene rings is 1. The molecule has 0 spiro atoms. The van der Waals surface area contributed by atoms with E-state index in [0.29, 0.717) is 12.6 Å². The zero-order valence-electron chi connectivity index (χ0n) is 12.6. The Labute approximate surface area is 125 Å². The van der Waals surface area contributed by atoms with Crippen molar-refractivity contribution in [3.63, 3.8) is 0 Å². The van der Waals surface area contributed by atoms with Crippen LogP contribution in [0.1, 0.15) is 31.7 Å². The van der Waals surface area contributed by atoms with Crippen molar-refractivity contribution in [2.24, 2.45) is 0 Å². The Hall–Kier alpha value is -1.81. The number of hydrogen-bond donors (Lipinski definition) is 2. The molecule has 3 rings (SSSR count). The van der Waals surface area contributed by atoms with Gasteiger partial charge in [0.1, 0.15) is 6.54 Å². The smallest absolute Gasteiger partial charge is 0.239 e. The van der Waals surface area contributed by atoms with Crippen LogP contribution < -0.4 is 10.6 Å². The van der Waals surface area contributed by atoms with Gasteiger partial charge in [-0.1, -0.05) is 19.1 Å². The molecule has 112 valence electrons. The van der Waals surface area contributed by atoms with Crippen molar-refractivity contribution in [1.82, 2.24) is 15.2 Å². The summed E-state index contributed by atoms with van der Waals surface area (Å²) >= 11 is 0. The number of carbonyl (C=O) groups excluding carboxylic acids is 1. The number of aromatic nitrogens is 1. The minimum Gasteiger partial charge on any atom is -0.355 e. The minimum absolute atomic E-state index is 0.0795. The Morgan fingerprint density at radius 1 is 1.33 bits per heavy atom. The first kappa shape index (κ1) is 14.1. The van der Waals surface area contributed by atoms with Crippen molar-refractivity contribution in [1.29, 1.82) is 0 Å². The van der Waals surface area contributed by atoms with Crippen LogP contribution in [-0.2, 0) is 17.9 Å². The first-order valence-electron chi connectivity index (χ1n) is 7.84. The van der Waals surface area contributed by atoms with Crippen LogP contribution in [0.3, 0.4) is 0 Å². The Balaban J connectivity index is 1.74. The maximum absolute atomic E-state index is 11.9. The molecule has 0 aliphatic heterocycles. The molecular weight excluding hydrogens is 262 g/mol. The van der Waals surface area contributed by atoms with Gasteiger partial charge >= 0.3 is 0 Å². The molecule has 2 N–H and O–H groups in total. The van der Waals surface area contributed by atoms with Gasteiger partial charge in [-0.3, -0.25) is 4.79 Å². The summed E-state index contributed by atoms with van der Waals surface area (Å²) < 4.78 is 2.03. The van der Waals surface area contributed by atoms with Crippen LogP contribution in [0.25, 0.3) is 10.9 Å². The van der Waals surface area contributed by atoms with Gasteiger partial charge in [0.15, 0.2) is 0 Å². The van der Waals surface area contributed by atoms with Crippen LogP contribution in [0.4, 0.5) is 0 Å². The summed E-state index contributed by atoms with van der Waals surface area (Å²) in [7, 11) is 0. The van der Waals surface area contributed by atoms with E-state index < -0.39 is 0 Å². The summed E-state index contributed by atoms with van der Waals surface area (Å²) in [6.07, 6.45) is 5.58. The summed E-state index contributed by atoms with van der Waals surface area (Å²) in [5, 5.41) is 7.72. The minimum atomic E-state index is 0.0795. The van der Waals surface area contributed by atoms with Crippen LogP contribution >= 0.6 is 0 Å². The predicted octanol–water partition coefficient (Wildman–Crippen LogP) is 2.42. The number of fused-ring (bicyclic) bond motifs is 1. The van der Waals surface area contributed by atoms with Gasteiger partial charge in [0.25, 0.3) is 0 Å². The molecule has 1 aliphatic rings. The van der Waals surface area contributed by atoms with Crippen molar-refractivity contribution in [3.05, 3.63) is 36.0 Å². The SMILES string of the molecule is CCCNC(=O)Cn1ccc2c(CNC3CC3)cccc21. The standard InChI is InChI=1S/C17H23N3O/c1-2-9-18-17(21)12-20-10-8-15-13(4-3-5-16(15)20)11-19-14-6-7-14/h3-5,8,10,14,19H,2,6-7,9,11-12H2,1H3,(H,18,21). The van der Waals surface area contributed by atoms with Crippen molar-refractivity contribution in [2.45, 2.75) is 45.3 Å². The van der Waals surface area contributed by atoms with Gasteiger partial charge in [-0.05, 0) is 37.0 Å². The molecule has 1 saturated carbocycles. The van der Waals surface area contributed by atoms with E-state index in [9.17, 15) is 4.79 Å². The normalized spacial score (nSPS) is 14.5. The number of rotatable bonds is 7. The lowest BCUT2D eigenvalue weighted by molar-refractivity contribution is -0.121. The average molecular weight is 285 g/mol. The second kappa shape index (κ2) is 6.31. The quantitative estimate of drug-likeness (QED) is 0.820. The Kier molecular flexibility index (Phi) is 4.25. The molecular formula is C17H23N3O. The molecule has 1 heterocycles. The van der Waals surface area contributed by atoms with Gasteiger partial charge in [0.05, 0.1) is 0 Å². The van der Waals surface area contributed by atoms with E-state index in [1.54, 1.807) is 0 Å². The molecule has 2 aromatic rings. The number of carbonyl (C=O) groups is 1. The summed E-state index contributed by atoms with van der Waals surface area (Å²) in [4.78, 5) is 11.9. The molecule has 0 unspecified atom stereocenters. The third kappa shape index (κ3) is 3.45. The summed E-state index contributed by atoms with van der Waals surface area (Å²) in [5.74, 6) is 0.0795. The highest BCUT2D eigenvalue weighted by molar-refractivity contribution is 5.85. The maximum Gasteiger partial charge on any atom is 0.239 e. The Morgan fingerprint density at radius 2 is 2.19 bits per heavy atom. The maximum atomic E-state index is 11.9. The van der Waals surface area contributed by atoms with Gasteiger partial charge in [-0.15, -0.1) is 0 Å².